The molecule has 1 saturated heterocycles. The van der Waals surface area contributed by atoms with Crippen molar-refractivity contribution < 1.29 is 13.2 Å². The Hall–Kier alpha value is -1.81. The Morgan fingerprint density at radius 3 is 2.86 bits per heavy atom. The van der Waals surface area contributed by atoms with E-state index < -0.39 is 11.9 Å². The van der Waals surface area contributed by atoms with Crippen LogP contribution >= 0.6 is 0 Å². The Morgan fingerprint density at radius 2 is 2.24 bits per heavy atom. The quantitative estimate of drug-likeness (QED) is 0.932. The van der Waals surface area contributed by atoms with Crippen LogP contribution in [0, 0.1) is 17.2 Å². The zero-order valence-electron chi connectivity index (χ0n) is 11.7. The average molecular weight is 298 g/mol. The number of nitriles is 1. The van der Waals surface area contributed by atoms with Crippen molar-refractivity contribution in [3.63, 3.8) is 0 Å². The number of halogens is 3. The number of anilines is 1. The average Bonchev–Trinajstić information content (AvgIpc) is 2.44. The molecule has 0 saturated carbocycles. The summed E-state index contributed by atoms with van der Waals surface area (Å²) in [5.41, 5.74) is -0.850. The van der Waals surface area contributed by atoms with Crippen LogP contribution in [0.2, 0.25) is 0 Å². The van der Waals surface area contributed by atoms with Crippen molar-refractivity contribution in [3.05, 3.63) is 23.4 Å². The summed E-state index contributed by atoms with van der Waals surface area (Å²) in [7, 11) is 2.02. The summed E-state index contributed by atoms with van der Waals surface area (Å²) in [6.07, 6.45) is -2.41. The van der Waals surface area contributed by atoms with Gasteiger partial charge in [0.25, 0.3) is 0 Å². The van der Waals surface area contributed by atoms with Gasteiger partial charge in [0.05, 0.1) is 5.56 Å². The second-order valence-electron chi connectivity index (χ2n) is 5.35. The van der Waals surface area contributed by atoms with Gasteiger partial charge in [-0.05, 0) is 44.5 Å². The number of hydrogen-bond donors (Lipinski definition) is 1. The highest BCUT2D eigenvalue weighted by atomic mass is 19.4. The summed E-state index contributed by atoms with van der Waals surface area (Å²) >= 11 is 0. The number of nitrogens with zero attached hydrogens (tertiary/aromatic N) is 3. The highest BCUT2D eigenvalue weighted by Gasteiger charge is 2.33. The van der Waals surface area contributed by atoms with Crippen LogP contribution in [0.3, 0.4) is 0 Å². The van der Waals surface area contributed by atoms with E-state index in [9.17, 15) is 13.2 Å². The first-order valence-corrected chi connectivity index (χ1v) is 6.81. The summed E-state index contributed by atoms with van der Waals surface area (Å²) in [4.78, 5) is 5.74. The van der Waals surface area contributed by atoms with Crippen molar-refractivity contribution >= 4 is 5.82 Å². The lowest BCUT2D eigenvalue weighted by atomic mass is 9.98. The number of piperidine rings is 1. The van der Waals surface area contributed by atoms with Gasteiger partial charge in [0.1, 0.15) is 17.6 Å². The van der Waals surface area contributed by atoms with E-state index in [2.05, 4.69) is 15.2 Å². The molecule has 4 nitrogen and oxygen atoms in total. The maximum Gasteiger partial charge on any atom is 0.433 e. The molecule has 0 aromatic carbocycles. The summed E-state index contributed by atoms with van der Waals surface area (Å²) in [5.74, 6) is 0.368. The summed E-state index contributed by atoms with van der Waals surface area (Å²) in [6.45, 7) is 2.46. The molecule has 1 aromatic heterocycles. The lowest BCUT2D eigenvalue weighted by molar-refractivity contribution is -0.141. The number of likely N-dealkylation sites (tertiary alicyclic amines) is 1. The van der Waals surface area contributed by atoms with Crippen molar-refractivity contribution in [3.8, 4) is 6.07 Å². The zero-order chi connectivity index (χ0) is 15.5. The first kappa shape index (κ1) is 15.6. The standard InChI is InChI=1S/C14H17F3N4/c1-21-6-2-3-10(9-21)8-19-13-11(7-18)4-5-12(20-13)14(15,16)17/h4-5,10H,2-3,6,8-9H2,1H3,(H,19,20). The minimum atomic E-state index is -4.50. The number of aromatic nitrogens is 1. The highest BCUT2D eigenvalue weighted by Crippen LogP contribution is 2.29. The Kier molecular flexibility index (Phi) is 4.68. The fourth-order valence-corrected chi connectivity index (χ4v) is 2.52. The van der Waals surface area contributed by atoms with Gasteiger partial charge in [-0.2, -0.15) is 18.4 Å². The molecular formula is C14H17F3N4. The molecule has 0 radical (unpaired) electrons. The molecule has 1 N–H and O–H groups in total. The molecule has 2 rings (SSSR count). The predicted molar refractivity (Wildman–Crippen MR) is 72.7 cm³/mol. The molecule has 1 unspecified atom stereocenters. The molecule has 114 valence electrons. The molecule has 21 heavy (non-hydrogen) atoms. The van der Waals surface area contributed by atoms with Gasteiger partial charge < -0.3 is 10.2 Å². The Labute approximate surface area is 121 Å². The molecule has 0 spiro atoms. The number of hydrogen-bond acceptors (Lipinski definition) is 4. The summed E-state index contributed by atoms with van der Waals surface area (Å²) < 4.78 is 38.0. The lowest BCUT2D eigenvalue weighted by Crippen LogP contribution is -2.35. The second-order valence-corrected chi connectivity index (χ2v) is 5.35. The molecular weight excluding hydrogens is 281 g/mol. The summed E-state index contributed by atoms with van der Waals surface area (Å²) in [5, 5.41) is 11.9. The topological polar surface area (TPSA) is 52.0 Å². The van der Waals surface area contributed by atoms with Gasteiger partial charge >= 0.3 is 6.18 Å². The van der Waals surface area contributed by atoms with Crippen molar-refractivity contribution in [2.24, 2.45) is 5.92 Å². The fourth-order valence-electron chi connectivity index (χ4n) is 2.52. The lowest BCUT2D eigenvalue weighted by Gasteiger charge is -2.29. The van der Waals surface area contributed by atoms with Gasteiger partial charge in [-0.15, -0.1) is 0 Å². The molecule has 1 aliphatic heterocycles. The van der Waals surface area contributed by atoms with Gasteiger partial charge in [-0.1, -0.05) is 0 Å². The Balaban J connectivity index is 2.09. The van der Waals surface area contributed by atoms with Crippen LogP contribution < -0.4 is 5.32 Å². The zero-order valence-corrected chi connectivity index (χ0v) is 11.7. The molecule has 1 atom stereocenters. The molecule has 0 aliphatic carbocycles. The van der Waals surface area contributed by atoms with Crippen molar-refractivity contribution in [1.82, 2.24) is 9.88 Å². The van der Waals surface area contributed by atoms with E-state index >= 15 is 0 Å². The minimum absolute atomic E-state index is 0.0144. The van der Waals surface area contributed by atoms with E-state index in [1.807, 2.05) is 13.1 Å². The first-order chi connectivity index (χ1) is 9.90. The third-order valence-corrected chi connectivity index (χ3v) is 3.59. The van der Waals surface area contributed by atoms with Gasteiger partial charge in [-0.25, -0.2) is 4.98 Å². The maximum absolute atomic E-state index is 12.7. The van der Waals surface area contributed by atoms with Crippen molar-refractivity contribution in [2.45, 2.75) is 19.0 Å². The number of nitrogens with one attached hydrogen (secondary N) is 1. The van der Waals surface area contributed by atoms with E-state index in [4.69, 9.17) is 5.26 Å². The van der Waals surface area contributed by atoms with Crippen molar-refractivity contribution in [1.29, 1.82) is 5.26 Å². The smallest absolute Gasteiger partial charge is 0.369 e. The van der Waals surface area contributed by atoms with Gasteiger partial charge in [0.15, 0.2) is 0 Å². The van der Waals surface area contributed by atoms with Gasteiger partial charge in [0.2, 0.25) is 0 Å². The van der Waals surface area contributed by atoms with E-state index in [0.29, 0.717) is 12.5 Å². The third kappa shape index (κ3) is 4.08. The normalized spacial score (nSPS) is 20.0. The van der Waals surface area contributed by atoms with E-state index in [0.717, 1.165) is 38.1 Å². The molecule has 1 fully saturated rings. The SMILES string of the molecule is CN1CCCC(CNc2nc(C(F)(F)F)ccc2C#N)C1. The highest BCUT2D eigenvalue weighted by molar-refractivity contribution is 5.52. The molecule has 0 bridgehead atoms. The largest absolute Gasteiger partial charge is 0.433 e. The van der Waals surface area contributed by atoms with Crippen LogP contribution in [0.25, 0.3) is 0 Å². The van der Waals surface area contributed by atoms with E-state index in [-0.39, 0.29) is 11.4 Å². The van der Waals surface area contributed by atoms with Crippen LogP contribution in [0.4, 0.5) is 19.0 Å². The van der Waals surface area contributed by atoms with Crippen LogP contribution in [-0.4, -0.2) is 36.6 Å². The van der Waals surface area contributed by atoms with E-state index in [1.54, 1.807) is 0 Å². The third-order valence-electron chi connectivity index (χ3n) is 3.59. The molecule has 7 heteroatoms. The predicted octanol–water partition coefficient (Wildman–Crippen LogP) is 2.73. The number of rotatable bonds is 3. The van der Waals surface area contributed by atoms with Gasteiger partial charge in [-0.3, -0.25) is 0 Å². The first-order valence-electron chi connectivity index (χ1n) is 6.81. The van der Waals surface area contributed by atoms with Crippen LogP contribution in [0.5, 0.6) is 0 Å². The Bertz CT molecular complexity index is 536. The Morgan fingerprint density at radius 1 is 1.48 bits per heavy atom. The minimum Gasteiger partial charge on any atom is -0.369 e. The van der Waals surface area contributed by atoms with Crippen LogP contribution in [-0.2, 0) is 6.18 Å². The maximum atomic E-state index is 12.7. The summed E-state index contributed by atoms with van der Waals surface area (Å²) in [6, 6.07) is 3.86. The van der Waals surface area contributed by atoms with Crippen LogP contribution in [0.1, 0.15) is 24.1 Å². The molecule has 1 aliphatic rings. The molecule has 0 amide bonds. The molecule has 1 aromatic rings. The van der Waals surface area contributed by atoms with Crippen molar-refractivity contribution in [2.75, 3.05) is 32.0 Å². The molecule has 2 heterocycles. The second kappa shape index (κ2) is 6.31. The monoisotopic (exact) mass is 298 g/mol. The number of pyridine rings is 1. The van der Waals surface area contributed by atoms with Crippen LogP contribution in [0.15, 0.2) is 12.1 Å². The van der Waals surface area contributed by atoms with Gasteiger partial charge in [0, 0.05) is 13.1 Å². The van der Waals surface area contributed by atoms with E-state index in [1.165, 1.54) is 0 Å². The fraction of sp³-hybridized carbons (Fsp3) is 0.571. The number of alkyl halides is 3.